The van der Waals surface area contributed by atoms with Gasteiger partial charge >= 0.3 is 0 Å². The van der Waals surface area contributed by atoms with Crippen LogP contribution in [0, 0.1) is 11.3 Å². The van der Waals surface area contributed by atoms with Crippen molar-refractivity contribution in [3.8, 4) is 23.2 Å². The van der Waals surface area contributed by atoms with Crippen molar-refractivity contribution in [2.75, 3.05) is 6.61 Å². The van der Waals surface area contributed by atoms with E-state index in [-0.39, 0.29) is 6.29 Å². The minimum Gasteiger partial charge on any atom is -0.464 e. The molecule has 3 rings (SSSR count). The maximum Gasteiger partial charge on any atom is 0.199 e. The Hall–Kier alpha value is -1.84. The first kappa shape index (κ1) is 18.0. The molecule has 1 unspecified atom stereocenters. The zero-order valence-corrected chi connectivity index (χ0v) is 16.3. The van der Waals surface area contributed by atoms with Crippen LogP contribution in [0.5, 0.6) is 5.75 Å². The van der Waals surface area contributed by atoms with Gasteiger partial charge in [0, 0.05) is 13.5 Å². The molecule has 0 spiro atoms. The first-order valence-electron chi connectivity index (χ1n) is 8.56. The number of benzene rings is 1. The number of nitrogens with zero attached hydrogens (tertiary/aromatic N) is 3. The van der Waals surface area contributed by atoms with Crippen molar-refractivity contribution >= 4 is 15.9 Å². The van der Waals surface area contributed by atoms with Gasteiger partial charge in [-0.3, -0.25) is 0 Å². The SMILES string of the molecule is CC(C)c1c(Br)nc(-c2ccc(C#N)cc2OC2CCCCO2)n1C. The third-order valence-electron chi connectivity index (χ3n) is 4.39. The minimum atomic E-state index is -0.269. The van der Waals surface area contributed by atoms with Crippen LogP contribution in [0.4, 0.5) is 0 Å². The quantitative estimate of drug-likeness (QED) is 0.738. The number of aromatic nitrogens is 2. The predicted molar refractivity (Wildman–Crippen MR) is 99.4 cm³/mol. The molecule has 6 heteroatoms. The Kier molecular flexibility index (Phi) is 5.45. The van der Waals surface area contributed by atoms with Crippen molar-refractivity contribution in [2.45, 2.75) is 45.3 Å². The Morgan fingerprint density at radius 2 is 2.20 bits per heavy atom. The fourth-order valence-corrected chi connectivity index (χ4v) is 4.06. The molecule has 1 saturated heterocycles. The molecule has 132 valence electrons. The van der Waals surface area contributed by atoms with Crippen LogP contribution in [0.2, 0.25) is 0 Å². The van der Waals surface area contributed by atoms with Crippen LogP contribution in [0.25, 0.3) is 11.4 Å². The van der Waals surface area contributed by atoms with Gasteiger partial charge in [-0.1, -0.05) is 13.8 Å². The third kappa shape index (κ3) is 3.73. The zero-order valence-electron chi connectivity index (χ0n) is 14.8. The van der Waals surface area contributed by atoms with Gasteiger partial charge < -0.3 is 14.0 Å². The Labute approximate surface area is 156 Å². The number of imidazole rings is 1. The molecule has 25 heavy (non-hydrogen) atoms. The van der Waals surface area contributed by atoms with E-state index >= 15 is 0 Å². The molecule has 2 aromatic rings. The fourth-order valence-electron chi connectivity index (χ4n) is 3.16. The zero-order chi connectivity index (χ0) is 18.0. The Balaban J connectivity index is 2.04. The highest BCUT2D eigenvalue weighted by Gasteiger charge is 2.22. The van der Waals surface area contributed by atoms with Crippen molar-refractivity contribution in [1.82, 2.24) is 9.55 Å². The monoisotopic (exact) mass is 403 g/mol. The molecule has 5 nitrogen and oxygen atoms in total. The molecular weight excluding hydrogens is 382 g/mol. The number of halogens is 1. The number of hydrogen-bond acceptors (Lipinski definition) is 4. The summed E-state index contributed by atoms with van der Waals surface area (Å²) in [7, 11) is 2.00. The van der Waals surface area contributed by atoms with Gasteiger partial charge in [0.05, 0.1) is 29.5 Å². The van der Waals surface area contributed by atoms with Gasteiger partial charge in [0.15, 0.2) is 6.29 Å². The Morgan fingerprint density at radius 1 is 1.40 bits per heavy atom. The largest absolute Gasteiger partial charge is 0.464 e. The average Bonchev–Trinajstić information content (AvgIpc) is 2.90. The van der Waals surface area contributed by atoms with Crippen molar-refractivity contribution in [3.63, 3.8) is 0 Å². The lowest BCUT2D eigenvalue weighted by Gasteiger charge is -2.24. The minimum absolute atomic E-state index is 0.269. The molecule has 1 atom stereocenters. The second-order valence-electron chi connectivity index (χ2n) is 6.56. The maximum atomic E-state index is 9.24. The molecule has 1 aliphatic rings. The van der Waals surface area contributed by atoms with Crippen molar-refractivity contribution in [3.05, 3.63) is 34.1 Å². The third-order valence-corrected chi connectivity index (χ3v) is 4.97. The highest BCUT2D eigenvalue weighted by Crippen LogP contribution is 2.36. The summed E-state index contributed by atoms with van der Waals surface area (Å²) in [6.45, 7) is 4.98. The average molecular weight is 404 g/mol. The molecule has 2 heterocycles. The molecule has 0 saturated carbocycles. The number of ether oxygens (including phenoxy) is 2. The molecule has 0 amide bonds. The molecule has 1 aliphatic heterocycles. The number of hydrogen-bond donors (Lipinski definition) is 0. The summed E-state index contributed by atoms with van der Waals surface area (Å²) in [5, 5.41) is 9.24. The summed E-state index contributed by atoms with van der Waals surface area (Å²) in [6.07, 6.45) is 2.74. The van der Waals surface area contributed by atoms with E-state index in [4.69, 9.17) is 9.47 Å². The standard InChI is InChI=1S/C19H22BrN3O2/c1-12(2)17-18(20)22-19(23(17)3)14-8-7-13(11-21)10-15(14)25-16-6-4-5-9-24-16/h7-8,10,12,16H,4-6,9H2,1-3H3. The van der Waals surface area contributed by atoms with Gasteiger partial charge in [-0.2, -0.15) is 5.26 Å². The lowest BCUT2D eigenvalue weighted by molar-refractivity contribution is -0.105. The molecule has 1 fully saturated rings. The van der Waals surface area contributed by atoms with Crippen LogP contribution < -0.4 is 4.74 Å². The van der Waals surface area contributed by atoms with Crippen LogP contribution in [0.15, 0.2) is 22.8 Å². The highest BCUT2D eigenvalue weighted by molar-refractivity contribution is 9.10. The van der Waals surface area contributed by atoms with E-state index in [2.05, 4.69) is 45.4 Å². The van der Waals surface area contributed by atoms with Crippen molar-refractivity contribution in [1.29, 1.82) is 5.26 Å². The van der Waals surface area contributed by atoms with Crippen molar-refractivity contribution < 1.29 is 9.47 Å². The summed E-state index contributed by atoms with van der Waals surface area (Å²) in [4.78, 5) is 4.69. The van der Waals surface area contributed by atoms with E-state index in [0.717, 1.165) is 40.9 Å². The molecule has 0 N–H and O–H groups in total. The number of rotatable bonds is 4. The fraction of sp³-hybridized carbons (Fsp3) is 0.474. The normalized spacial score (nSPS) is 17.5. The highest BCUT2D eigenvalue weighted by atomic mass is 79.9. The van der Waals surface area contributed by atoms with Crippen LogP contribution in [-0.4, -0.2) is 22.4 Å². The van der Waals surface area contributed by atoms with Crippen LogP contribution in [-0.2, 0) is 11.8 Å². The summed E-state index contributed by atoms with van der Waals surface area (Å²) in [6, 6.07) is 7.64. The lowest BCUT2D eigenvalue weighted by atomic mass is 10.1. The van der Waals surface area contributed by atoms with Crippen LogP contribution in [0.3, 0.4) is 0 Å². The molecule has 0 aliphatic carbocycles. The molecule has 0 bridgehead atoms. The number of nitriles is 1. The van der Waals surface area contributed by atoms with Gasteiger partial charge in [0.2, 0.25) is 0 Å². The van der Waals surface area contributed by atoms with Gasteiger partial charge in [-0.25, -0.2) is 4.98 Å². The van der Waals surface area contributed by atoms with Gasteiger partial charge in [0.25, 0.3) is 0 Å². The second kappa shape index (κ2) is 7.59. The van der Waals surface area contributed by atoms with Gasteiger partial charge in [-0.15, -0.1) is 0 Å². The molecular formula is C19H22BrN3O2. The van der Waals surface area contributed by atoms with E-state index in [1.807, 2.05) is 13.1 Å². The van der Waals surface area contributed by atoms with E-state index in [0.29, 0.717) is 23.8 Å². The van der Waals surface area contributed by atoms with E-state index < -0.39 is 0 Å². The molecule has 1 aromatic heterocycles. The summed E-state index contributed by atoms with van der Waals surface area (Å²) in [5.74, 6) is 1.79. The molecule has 0 radical (unpaired) electrons. The topological polar surface area (TPSA) is 60.1 Å². The van der Waals surface area contributed by atoms with Crippen LogP contribution >= 0.6 is 15.9 Å². The first-order chi connectivity index (χ1) is 12.0. The summed E-state index contributed by atoms with van der Waals surface area (Å²) >= 11 is 3.57. The smallest absolute Gasteiger partial charge is 0.199 e. The second-order valence-corrected chi connectivity index (χ2v) is 7.31. The molecule has 1 aromatic carbocycles. The summed E-state index contributed by atoms with van der Waals surface area (Å²) in [5.41, 5.74) is 2.55. The van der Waals surface area contributed by atoms with Crippen molar-refractivity contribution in [2.24, 2.45) is 7.05 Å². The van der Waals surface area contributed by atoms with E-state index in [9.17, 15) is 5.26 Å². The van der Waals surface area contributed by atoms with E-state index in [1.54, 1.807) is 12.1 Å². The first-order valence-corrected chi connectivity index (χ1v) is 9.35. The van der Waals surface area contributed by atoms with Gasteiger partial charge in [0.1, 0.15) is 16.2 Å². The maximum absolute atomic E-state index is 9.24. The summed E-state index contributed by atoms with van der Waals surface area (Å²) < 4.78 is 14.7. The van der Waals surface area contributed by atoms with E-state index in [1.165, 1.54) is 0 Å². The van der Waals surface area contributed by atoms with Crippen LogP contribution in [0.1, 0.15) is 50.3 Å². The Bertz CT molecular complexity index is 802. The Morgan fingerprint density at radius 3 is 2.80 bits per heavy atom. The van der Waals surface area contributed by atoms with Gasteiger partial charge in [-0.05, 0) is 52.9 Å². The predicted octanol–water partition coefficient (Wildman–Crippen LogP) is 4.75. The lowest BCUT2D eigenvalue weighted by Crippen LogP contribution is -2.25.